The molecule has 2 aromatic carbocycles. The van der Waals surface area contributed by atoms with Gasteiger partial charge in [-0.2, -0.15) is 0 Å². The zero-order valence-electron chi connectivity index (χ0n) is 15.9. The van der Waals surface area contributed by atoms with Gasteiger partial charge >= 0.3 is 6.03 Å². The highest BCUT2D eigenvalue weighted by Crippen LogP contribution is 2.31. The van der Waals surface area contributed by atoms with Crippen molar-refractivity contribution in [3.05, 3.63) is 53.6 Å². The second-order valence-electron chi connectivity index (χ2n) is 6.93. The molecule has 1 saturated carbocycles. The van der Waals surface area contributed by atoms with Gasteiger partial charge in [-0.25, -0.2) is 4.79 Å². The predicted octanol–water partition coefficient (Wildman–Crippen LogP) is 4.02. The third-order valence-corrected chi connectivity index (χ3v) is 4.62. The van der Waals surface area contributed by atoms with Crippen LogP contribution < -0.4 is 15.4 Å². The fourth-order valence-electron chi connectivity index (χ4n) is 2.71. The van der Waals surface area contributed by atoms with Crippen molar-refractivity contribution in [3.63, 3.8) is 0 Å². The van der Waals surface area contributed by atoms with E-state index < -0.39 is 0 Å². The molecule has 6 heteroatoms. The van der Waals surface area contributed by atoms with E-state index in [9.17, 15) is 9.59 Å². The molecule has 3 rings (SSSR count). The highest BCUT2D eigenvalue weighted by molar-refractivity contribution is 5.96. The standard InChI is InChI=1S/C21H25N3O3/c1-14-4-9-17(22-20(25)16-7-8-16)12-19(14)23-21(26)24(2)13-15-5-10-18(27-3)11-6-15/h4-6,9-12,16H,7-8,13H2,1-3H3,(H,22,25)(H,23,26). The molecule has 2 aromatic rings. The van der Waals surface area contributed by atoms with Crippen LogP contribution in [0.3, 0.4) is 0 Å². The van der Waals surface area contributed by atoms with Gasteiger partial charge < -0.3 is 20.3 Å². The Bertz CT molecular complexity index is 829. The Morgan fingerprint density at radius 1 is 1.11 bits per heavy atom. The van der Waals surface area contributed by atoms with Crippen molar-refractivity contribution in [2.24, 2.45) is 5.92 Å². The quantitative estimate of drug-likeness (QED) is 0.810. The summed E-state index contributed by atoms with van der Waals surface area (Å²) in [5, 5.41) is 5.83. The number of hydrogen-bond acceptors (Lipinski definition) is 3. The molecular formula is C21H25N3O3. The van der Waals surface area contributed by atoms with E-state index in [2.05, 4.69) is 10.6 Å². The Morgan fingerprint density at radius 2 is 1.81 bits per heavy atom. The van der Waals surface area contributed by atoms with Crippen LogP contribution in [0.25, 0.3) is 0 Å². The van der Waals surface area contributed by atoms with Crippen LogP contribution in [0.4, 0.5) is 16.2 Å². The average Bonchev–Trinajstić information content (AvgIpc) is 3.50. The van der Waals surface area contributed by atoms with Gasteiger partial charge in [-0.05, 0) is 55.2 Å². The highest BCUT2D eigenvalue weighted by atomic mass is 16.5. The van der Waals surface area contributed by atoms with E-state index in [1.807, 2.05) is 43.3 Å². The van der Waals surface area contributed by atoms with E-state index in [-0.39, 0.29) is 17.9 Å². The average molecular weight is 367 g/mol. The Balaban J connectivity index is 1.62. The number of benzene rings is 2. The number of carbonyl (C=O) groups is 2. The first kappa shape index (κ1) is 18.8. The van der Waals surface area contributed by atoms with Crippen LogP contribution in [-0.4, -0.2) is 31.0 Å². The van der Waals surface area contributed by atoms with Gasteiger partial charge in [0, 0.05) is 30.9 Å². The molecule has 0 unspecified atom stereocenters. The van der Waals surface area contributed by atoms with Crippen LogP contribution in [-0.2, 0) is 11.3 Å². The largest absolute Gasteiger partial charge is 0.497 e. The maximum Gasteiger partial charge on any atom is 0.321 e. The number of carbonyl (C=O) groups excluding carboxylic acids is 2. The van der Waals surface area contributed by atoms with Crippen LogP contribution in [0.2, 0.25) is 0 Å². The minimum absolute atomic E-state index is 0.0488. The molecule has 2 N–H and O–H groups in total. The molecule has 1 aliphatic carbocycles. The summed E-state index contributed by atoms with van der Waals surface area (Å²) < 4.78 is 5.15. The van der Waals surface area contributed by atoms with E-state index in [1.54, 1.807) is 25.1 Å². The lowest BCUT2D eigenvalue weighted by molar-refractivity contribution is -0.117. The summed E-state index contributed by atoms with van der Waals surface area (Å²) in [5.41, 5.74) is 3.34. The van der Waals surface area contributed by atoms with Crippen molar-refractivity contribution in [1.82, 2.24) is 4.90 Å². The Labute approximate surface area is 159 Å². The summed E-state index contributed by atoms with van der Waals surface area (Å²) in [6.45, 7) is 2.40. The zero-order chi connectivity index (χ0) is 19.4. The Hall–Kier alpha value is -3.02. The molecule has 27 heavy (non-hydrogen) atoms. The molecule has 6 nitrogen and oxygen atoms in total. The number of aryl methyl sites for hydroxylation is 1. The SMILES string of the molecule is COc1ccc(CN(C)C(=O)Nc2cc(NC(=O)C3CC3)ccc2C)cc1. The van der Waals surface area contributed by atoms with Crippen molar-refractivity contribution in [3.8, 4) is 5.75 Å². The number of amides is 3. The summed E-state index contributed by atoms with van der Waals surface area (Å²) >= 11 is 0. The van der Waals surface area contributed by atoms with Crippen molar-refractivity contribution in [1.29, 1.82) is 0 Å². The predicted molar refractivity (Wildman–Crippen MR) is 106 cm³/mol. The summed E-state index contributed by atoms with van der Waals surface area (Å²) in [7, 11) is 3.37. The maximum absolute atomic E-state index is 12.5. The molecule has 0 aromatic heterocycles. The van der Waals surface area contributed by atoms with Crippen LogP contribution in [0.1, 0.15) is 24.0 Å². The summed E-state index contributed by atoms with van der Waals surface area (Å²) in [5.74, 6) is 0.972. The van der Waals surface area contributed by atoms with Crippen molar-refractivity contribution >= 4 is 23.3 Å². The molecule has 0 atom stereocenters. The number of hydrogen-bond donors (Lipinski definition) is 2. The van der Waals surface area contributed by atoms with Crippen LogP contribution in [0.5, 0.6) is 5.75 Å². The Kier molecular flexibility index (Phi) is 5.64. The number of rotatable bonds is 6. The molecule has 0 radical (unpaired) electrons. The lowest BCUT2D eigenvalue weighted by atomic mass is 10.1. The molecule has 0 aliphatic heterocycles. The third-order valence-electron chi connectivity index (χ3n) is 4.62. The molecule has 3 amide bonds. The van der Waals surface area contributed by atoms with Gasteiger partial charge in [0.25, 0.3) is 0 Å². The lowest BCUT2D eigenvalue weighted by Crippen LogP contribution is -2.31. The monoisotopic (exact) mass is 367 g/mol. The zero-order valence-corrected chi connectivity index (χ0v) is 15.9. The molecule has 0 bridgehead atoms. The fourth-order valence-corrected chi connectivity index (χ4v) is 2.71. The Morgan fingerprint density at radius 3 is 2.44 bits per heavy atom. The number of nitrogens with one attached hydrogen (secondary N) is 2. The van der Waals surface area contributed by atoms with Gasteiger partial charge in [-0.15, -0.1) is 0 Å². The van der Waals surface area contributed by atoms with Crippen molar-refractivity contribution in [2.75, 3.05) is 24.8 Å². The number of urea groups is 1. The minimum Gasteiger partial charge on any atom is -0.497 e. The van der Waals surface area contributed by atoms with Gasteiger partial charge in [0.15, 0.2) is 0 Å². The minimum atomic E-state index is -0.209. The third kappa shape index (κ3) is 5.00. The van der Waals surface area contributed by atoms with Crippen LogP contribution in [0.15, 0.2) is 42.5 Å². The molecule has 0 saturated heterocycles. The summed E-state index contributed by atoms with van der Waals surface area (Å²) in [4.78, 5) is 26.1. The molecule has 142 valence electrons. The van der Waals surface area contributed by atoms with E-state index >= 15 is 0 Å². The first-order chi connectivity index (χ1) is 13.0. The first-order valence-corrected chi connectivity index (χ1v) is 9.03. The van der Waals surface area contributed by atoms with E-state index in [0.717, 1.165) is 29.7 Å². The molecule has 1 fully saturated rings. The van der Waals surface area contributed by atoms with Gasteiger partial charge in [0.1, 0.15) is 5.75 Å². The van der Waals surface area contributed by atoms with Crippen LogP contribution in [0, 0.1) is 12.8 Å². The topological polar surface area (TPSA) is 70.7 Å². The van der Waals surface area contributed by atoms with Gasteiger partial charge in [0.05, 0.1) is 7.11 Å². The number of anilines is 2. The smallest absolute Gasteiger partial charge is 0.321 e. The number of methoxy groups -OCH3 is 1. The summed E-state index contributed by atoms with van der Waals surface area (Å²) in [6, 6.07) is 12.9. The molecule has 0 heterocycles. The van der Waals surface area contributed by atoms with Crippen molar-refractivity contribution in [2.45, 2.75) is 26.3 Å². The van der Waals surface area contributed by atoms with Gasteiger partial charge in [-0.3, -0.25) is 4.79 Å². The van der Waals surface area contributed by atoms with E-state index in [1.165, 1.54) is 0 Å². The van der Waals surface area contributed by atoms with E-state index in [0.29, 0.717) is 17.9 Å². The normalized spacial score (nSPS) is 13.0. The van der Waals surface area contributed by atoms with Crippen LogP contribution >= 0.6 is 0 Å². The van der Waals surface area contributed by atoms with Gasteiger partial charge in [-0.1, -0.05) is 18.2 Å². The molecule has 0 spiro atoms. The first-order valence-electron chi connectivity index (χ1n) is 9.03. The second kappa shape index (κ2) is 8.12. The van der Waals surface area contributed by atoms with Crippen molar-refractivity contribution < 1.29 is 14.3 Å². The highest BCUT2D eigenvalue weighted by Gasteiger charge is 2.29. The van der Waals surface area contributed by atoms with E-state index in [4.69, 9.17) is 4.74 Å². The summed E-state index contributed by atoms with van der Waals surface area (Å²) in [6.07, 6.45) is 1.91. The van der Waals surface area contributed by atoms with Gasteiger partial charge in [0.2, 0.25) is 5.91 Å². The lowest BCUT2D eigenvalue weighted by Gasteiger charge is -2.19. The number of nitrogens with zero attached hydrogens (tertiary/aromatic N) is 1. The number of ether oxygens (including phenoxy) is 1. The second-order valence-corrected chi connectivity index (χ2v) is 6.93. The molecular weight excluding hydrogens is 342 g/mol. The molecule has 1 aliphatic rings. The fraction of sp³-hybridized carbons (Fsp3) is 0.333. The maximum atomic E-state index is 12.5.